The van der Waals surface area contributed by atoms with Gasteiger partial charge in [-0.15, -0.1) is 0 Å². The fourth-order valence-electron chi connectivity index (χ4n) is 3.02. The van der Waals surface area contributed by atoms with Crippen LogP contribution in [0.4, 0.5) is 5.69 Å². The Kier molecular flexibility index (Phi) is 3.55. The van der Waals surface area contributed by atoms with Crippen LogP contribution in [0.5, 0.6) is 0 Å². The highest BCUT2D eigenvalue weighted by Crippen LogP contribution is 2.30. The highest BCUT2D eigenvalue weighted by molar-refractivity contribution is 6.05. The monoisotopic (exact) mass is 288 g/mol. The van der Waals surface area contributed by atoms with Gasteiger partial charge in [0.05, 0.1) is 16.9 Å². The second kappa shape index (κ2) is 5.37. The molecule has 5 N–H and O–H groups in total. The topological polar surface area (TPSA) is 104 Å². The van der Waals surface area contributed by atoms with Crippen molar-refractivity contribution < 1.29 is 9.90 Å². The summed E-state index contributed by atoms with van der Waals surface area (Å²) >= 11 is 0. The number of fused-ring (bicyclic) bond motifs is 1. The zero-order valence-electron chi connectivity index (χ0n) is 11.9. The Morgan fingerprint density at radius 1 is 1.43 bits per heavy atom. The van der Waals surface area contributed by atoms with E-state index in [1.807, 2.05) is 6.07 Å². The van der Waals surface area contributed by atoms with Crippen LogP contribution < -0.4 is 11.1 Å². The summed E-state index contributed by atoms with van der Waals surface area (Å²) in [7, 11) is 0. The van der Waals surface area contributed by atoms with Gasteiger partial charge in [0, 0.05) is 24.3 Å². The molecule has 2 aromatic rings. The van der Waals surface area contributed by atoms with Crippen molar-refractivity contribution in [1.29, 1.82) is 0 Å². The molecule has 3 rings (SSSR count). The van der Waals surface area contributed by atoms with Crippen molar-refractivity contribution >= 4 is 22.6 Å². The van der Waals surface area contributed by atoms with Gasteiger partial charge in [-0.3, -0.25) is 4.79 Å². The van der Waals surface area contributed by atoms with E-state index in [-0.39, 0.29) is 0 Å². The molecule has 1 amide bonds. The van der Waals surface area contributed by atoms with Gasteiger partial charge in [0.15, 0.2) is 0 Å². The summed E-state index contributed by atoms with van der Waals surface area (Å²) < 4.78 is 0. The van der Waals surface area contributed by atoms with Gasteiger partial charge in [0.2, 0.25) is 0 Å². The number of rotatable bonds is 4. The second-order valence-corrected chi connectivity index (χ2v) is 5.79. The Hall–Kier alpha value is -2.08. The van der Waals surface area contributed by atoms with Crippen LogP contribution in [0.2, 0.25) is 0 Å². The molecule has 1 aliphatic rings. The number of aliphatic hydroxyl groups is 1. The Morgan fingerprint density at radius 2 is 2.19 bits per heavy atom. The summed E-state index contributed by atoms with van der Waals surface area (Å²) in [5.41, 5.74) is 6.40. The zero-order chi connectivity index (χ0) is 14.9. The number of amides is 1. The van der Waals surface area contributed by atoms with Crippen LogP contribution in [0, 0.1) is 0 Å². The van der Waals surface area contributed by atoms with Crippen LogP contribution >= 0.6 is 0 Å². The van der Waals surface area contributed by atoms with Crippen molar-refractivity contribution in [3.05, 3.63) is 24.0 Å². The minimum Gasteiger partial charge on any atom is -0.388 e. The lowest BCUT2D eigenvalue weighted by Crippen LogP contribution is -2.39. The van der Waals surface area contributed by atoms with Gasteiger partial charge in [-0.05, 0) is 18.9 Å². The summed E-state index contributed by atoms with van der Waals surface area (Å²) in [5, 5.41) is 14.6. The fraction of sp³-hybridized carbons (Fsp3) is 0.467. The first-order valence-electron chi connectivity index (χ1n) is 7.31. The number of hydrogen-bond acceptors (Lipinski definition) is 4. The van der Waals surface area contributed by atoms with E-state index in [4.69, 9.17) is 5.73 Å². The van der Waals surface area contributed by atoms with Gasteiger partial charge in [-0.1, -0.05) is 19.3 Å². The number of hydrogen-bond donors (Lipinski definition) is 4. The number of H-pyrrole nitrogens is 1. The number of aromatic amines is 1. The van der Waals surface area contributed by atoms with E-state index in [1.165, 1.54) is 12.6 Å². The molecule has 0 unspecified atom stereocenters. The third-order valence-corrected chi connectivity index (χ3v) is 4.23. The summed E-state index contributed by atoms with van der Waals surface area (Å²) in [5.74, 6) is -0.524. The summed E-state index contributed by atoms with van der Waals surface area (Å²) in [6, 6.07) is 1.85. The standard InChI is InChI=1S/C15H20N4O2/c16-13(20)11-8-18-14-10(4-7-17-14)12(11)19-9-15(21)5-2-1-3-6-15/h4,7-8,21H,1-3,5-6,9H2,(H2,16,20)(H2,17,18,19). The van der Waals surface area contributed by atoms with Crippen molar-refractivity contribution in [2.45, 2.75) is 37.7 Å². The lowest BCUT2D eigenvalue weighted by atomic mass is 9.85. The van der Waals surface area contributed by atoms with E-state index in [9.17, 15) is 9.90 Å². The maximum atomic E-state index is 11.6. The lowest BCUT2D eigenvalue weighted by Gasteiger charge is -2.32. The molecule has 0 saturated heterocycles. The minimum absolute atomic E-state index is 0.349. The Balaban J connectivity index is 1.89. The van der Waals surface area contributed by atoms with Gasteiger partial charge in [-0.25, -0.2) is 4.98 Å². The minimum atomic E-state index is -0.709. The smallest absolute Gasteiger partial charge is 0.252 e. The quantitative estimate of drug-likeness (QED) is 0.688. The number of primary amides is 1. The van der Waals surface area contributed by atoms with E-state index >= 15 is 0 Å². The van der Waals surface area contributed by atoms with Gasteiger partial charge in [0.1, 0.15) is 5.65 Å². The first kappa shape index (κ1) is 13.9. The zero-order valence-corrected chi connectivity index (χ0v) is 11.9. The first-order valence-corrected chi connectivity index (χ1v) is 7.31. The number of anilines is 1. The van der Waals surface area contributed by atoms with E-state index in [0.717, 1.165) is 31.1 Å². The highest BCUT2D eigenvalue weighted by Gasteiger charge is 2.29. The molecule has 0 bridgehead atoms. The lowest BCUT2D eigenvalue weighted by molar-refractivity contribution is 0.0167. The van der Waals surface area contributed by atoms with Crippen LogP contribution in [0.3, 0.4) is 0 Å². The number of carbonyl (C=O) groups excluding carboxylic acids is 1. The van der Waals surface area contributed by atoms with E-state index in [0.29, 0.717) is 23.4 Å². The molecule has 0 aromatic carbocycles. The Labute approximate surface area is 122 Å². The van der Waals surface area contributed by atoms with E-state index < -0.39 is 11.5 Å². The highest BCUT2D eigenvalue weighted by atomic mass is 16.3. The van der Waals surface area contributed by atoms with Gasteiger partial charge in [0.25, 0.3) is 5.91 Å². The molecule has 1 saturated carbocycles. The fourth-order valence-corrected chi connectivity index (χ4v) is 3.02. The predicted molar refractivity (Wildman–Crippen MR) is 81.1 cm³/mol. The first-order chi connectivity index (χ1) is 10.1. The van der Waals surface area contributed by atoms with Crippen LogP contribution in [0.1, 0.15) is 42.5 Å². The molecule has 6 heteroatoms. The number of nitrogens with zero attached hydrogens (tertiary/aromatic N) is 1. The normalized spacial score (nSPS) is 17.8. The molecule has 0 spiro atoms. The van der Waals surface area contributed by atoms with Crippen molar-refractivity contribution in [2.75, 3.05) is 11.9 Å². The van der Waals surface area contributed by atoms with Crippen LogP contribution in [0.25, 0.3) is 11.0 Å². The third-order valence-electron chi connectivity index (χ3n) is 4.23. The molecule has 2 heterocycles. The SMILES string of the molecule is NC(=O)c1cnc2[nH]ccc2c1NCC1(O)CCCCC1. The summed E-state index contributed by atoms with van der Waals surface area (Å²) in [4.78, 5) is 18.8. The average molecular weight is 288 g/mol. The molecule has 0 radical (unpaired) electrons. The molecule has 6 nitrogen and oxygen atoms in total. The largest absolute Gasteiger partial charge is 0.388 e. The van der Waals surface area contributed by atoms with E-state index in [1.54, 1.807) is 6.20 Å². The molecule has 0 atom stereocenters. The van der Waals surface area contributed by atoms with Crippen molar-refractivity contribution in [1.82, 2.24) is 9.97 Å². The van der Waals surface area contributed by atoms with E-state index in [2.05, 4.69) is 15.3 Å². The average Bonchev–Trinajstić information content (AvgIpc) is 2.94. The Morgan fingerprint density at radius 3 is 2.90 bits per heavy atom. The molecule has 21 heavy (non-hydrogen) atoms. The Bertz CT molecular complexity index is 659. The second-order valence-electron chi connectivity index (χ2n) is 5.79. The summed E-state index contributed by atoms with van der Waals surface area (Å²) in [6.45, 7) is 0.414. The summed E-state index contributed by atoms with van der Waals surface area (Å²) in [6.07, 6.45) is 8.05. The van der Waals surface area contributed by atoms with Crippen LogP contribution in [-0.4, -0.2) is 33.1 Å². The van der Waals surface area contributed by atoms with Gasteiger partial charge in [-0.2, -0.15) is 0 Å². The molecular formula is C15H20N4O2. The maximum Gasteiger partial charge on any atom is 0.252 e. The van der Waals surface area contributed by atoms with Gasteiger partial charge < -0.3 is 21.1 Å². The van der Waals surface area contributed by atoms with Crippen LogP contribution in [-0.2, 0) is 0 Å². The number of aromatic nitrogens is 2. The molecule has 112 valence electrons. The molecule has 2 aromatic heterocycles. The third kappa shape index (κ3) is 2.71. The number of nitrogens with two attached hydrogens (primary N) is 1. The predicted octanol–water partition coefficient (Wildman–Crippen LogP) is 1.77. The number of carbonyl (C=O) groups is 1. The van der Waals surface area contributed by atoms with Crippen LogP contribution in [0.15, 0.2) is 18.5 Å². The van der Waals surface area contributed by atoms with Gasteiger partial charge >= 0.3 is 0 Å². The van der Waals surface area contributed by atoms with Crippen molar-refractivity contribution in [3.8, 4) is 0 Å². The number of nitrogens with one attached hydrogen (secondary N) is 2. The van der Waals surface area contributed by atoms with Crippen molar-refractivity contribution in [3.63, 3.8) is 0 Å². The number of pyridine rings is 1. The maximum absolute atomic E-state index is 11.6. The molecular weight excluding hydrogens is 268 g/mol. The molecule has 0 aliphatic heterocycles. The molecule has 1 fully saturated rings. The van der Waals surface area contributed by atoms with Crippen molar-refractivity contribution in [2.24, 2.45) is 5.73 Å². The molecule has 1 aliphatic carbocycles.